The molecule has 3 atom stereocenters. The van der Waals surface area contributed by atoms with Crippen molar-refractivity contribution in [2.75, 3.05) is 11.4 Å². The Kier molecular flexibility index (Phi) is 4.46. The standard InChI is InChI=1S/C22H23FN8O2/c1-12-5-6-13(2)31(12)21(32)20-26-27-22(33-20)29-9-7-15-18(25-11-24-15)19(29)16-10-17-14(23)4-3-8-30(17)28-16/h3-4,8,10-13,19H,5-7,9H2,1-2H3,(H,24,25)/t12-,13+,19-/m0/s1. The number of likely N-dealkylation sites (tertiary alicyclic amines) is 1. The van der Waals surface area contributed by atoms with E-state index in [0.29, 0.717) is 24.2 Å². The molecule has 1 N–H and O–H groups in total. The molecule has 0 bridgehead atoms. The number of aromatic amines is 1. The first-order valence-electron chi connectivity index (χ1n) is 11.1. The Labute approximate surface area is 188 Å². The average Bonchev–Trinajstić information content (AvgIpc) is 3.59. The Morgan fingerprint density at radius 3 is 2.85 bits per heavy atom. The van der Waals surface area contributed by atoms with Gasteiger partial charge in [0.2, 0.25) is 0 Å². The van der Waals surface area contributed by atoms with E-state index in [-0.39, 0.29) is 35.7 Å². The van der Waals surface area contributed by atoms with Crippen LogP contribution in [0, 0.1) is 5.82 Å². The van der Waals surface area contributed by atoms with Crippen molar-refractivity contribution in [3.05, 3.63) is 59.5 Å². The number of fused-ring (bicyclic) bond motifs is 2. The average molecular weight is 450 g/mol. The van der Waals surface area contributed by atoms with Gasteiger partial charge in [-0.2, -0.15) is 5.10 Å². The molecular formula is C22H23FN8O2. The molecule has 1 fully saturated rings. The lowest BCUT2D eigenvalue weighted by Crippen LogP contribution is -2.38. The summed E-state index contributed by atoms with van der Waals surface area (Å²) in [6.07, 6.45) is 5.92. The van der Waals surface area contributed by atoms with Gasteiger partial charge in [-0.1, -0.05) is 5.10 Å². The second kappa shape index (κ2) is 7.39. The van der Waals surface area contributed by atoms with Crippen LogP contribution in [0.4, 0.5) is 10.4 Å². The molecule has 0 saturated carbocycles. The number of H-pyrrole nitrogens is 1. The highest BCUT2D eigenvalue weighted by Gasteiger charge is 2.38. The molecule has 6 rings (SSSR count). The Bertz CT molecular complexity index is 1330. The van der Waals surface area contributed by atoms with Crippen LogP contribution >= 0.6 is 0 Å². The quantitative estimate of drug-likeness (QED) is 0.511. The Morgan fingerprint density at radius 2 is 2.06 bits per heavy atom. The number of aromatic nitrogens is 6. The summed E-state index contributed by atoms with van der Waals surface area (Å²) in [7, 11) is 0. The van der Waals surface area contributed by atoms with Crippen LogP contribution in [0.1, 0.15) is 60.5 Å². The molecular weight excluding hydrogens is 427 g/mol. The number of amides is 1. The molecule has 2 aliphatic heterocycles. The third kappa shape index (κ3) is 3.10. The van der Waals surface area contributed by atoms with Crippen LogP contribution in [-0.4, -0.2) is 59.2 Å². The van der Waals surface area contributed by atoms with Crippen LogP contribution in [0.15, 0.2) is 35.1 Å². The number of carbonyl (C=O) groups excluding carboxylic acids is 1. The predicted molar refractivity (Wildman–Crippen MR) is 115 cm³/mol. The van der Waals surface area contributed by atoms with Gasteiger partial charge >= 0.3 is 17.8 Å². The number of halogens is 1. The van der Waals surface area contributed by atoms with Crippen molar-refractivity contribution in [1.82, 2.24) is 34.7 Å². The number of rotatable bonds is 3. The summed E-state index contributed by atoms with van der Waals surface area (Å²) >= 11 is 0. The van der Waals surface area contributed by atoms with Gasteiger partial charge in [0.1, 0.15) is 17.4 Å². The lowest BCUT2D eigenvalue weighted by atomic mass is 10.0. The molecule has 0 aromatic carbocycles. The van der Waals surface area contributed by atoms with Crippen LogP contribution in [-0.2, 0) is 6.42 Å². The van der Waals surface area contributed by atoms with Crippen molar-refractivity contribution in [2.24, 2.45) is 0 Å². The number of nitrogens with one attached hydrogen (secondary N) is 1. The van der Waals surface area contributed by atoms with Gasteiger partial charge in [0.25, 0.3) is 0 Å². The topological polar surface area (TPSA) is 108 Å². The predicted octanol–water partition coefficient (Wildman–Crippen LogP) is 2.74. The Hall–Kier alpha value is -3.76. The number of nitrogens with zero attached hydrogens (tertiary/aromatic N) is 7. The van der Waals surface area contributed by atoms with E-state index in [2.05, 4.69) is 25.3 Å². The lowest BCUT2D eigenvalue weighted by molar-refractivity contribution is 0.0652. The van der Waals surface area contributed by atoms with Gasteiger partial charge in [-0.25, -0.2) is 13.9 Å². The number of hydrogen-bond donors (Lipinski definition) is 1. The van der Waals surface area contributed by atoms with E-state index in [9.17, 15) is 9.18 Å². The van der Waals surface area contributed by atoms with Crippen molar-refractivity contribution in [3.63, 3.8) is 0 Å². The number of anilines is 1. The summed E-state index contributed by atoms with van der Waals surface area (Å²) in [4.78, 5) is 24.4. The first-order valence-corrected chi connectivity index (χ1v) is 11.1. The third-order valence-corrected chi connectivity index (χ3v) is 6.70. The third-order valence-electron chi connectivity index (χ3n) is 6.70. The number of imidazole rings is 1. The van der Waals surface area contributed by atoms with Crippen LogP contribution in [0.2, 0.25) is 0 Å². The summed E-state index contributed by atoms with van der Waals surface area (Å²) in [6.45, 7) is 4.60. The molecule has 2 aliphatic rings. The van der Waals surface area contributed by atoms with Crippen LogP contribution < -0.4 is 4.90 Å². The van der Waals surface area contributed by atoms with E-state index in [1.807, 2.05) is 23.6 Å². The Balaban J connectivity index is 1.39. The fraction of sp³-hybridized carbons (Fsp3) is 0.409. The highest BCUT2D eigenvalue weighted by Crippen LogP contribution is 2.36. The van der Waals surface area contributed by atoms with Gasteiger partial charge in [-0.05, 0) is 44.9 Å². The maximum atomic E-state index is 14.3. The maximum absolute atomic E-state index is 14.3. The Morgan fingerprint density at radius 1 is 1.24 bits per heavy atom. The minimum Gasteiger partial charge on any atom is -0.399 e. The van der Waals surface area contributed by atoms with Gasteiger partial charge in [-0.3, -0.25) is 4.79 Å². The summed E-state index contributed by atoms with van der Waals surface area (Å²) < 4.78 is 21.8. The molecule has 0 radical (unpaired) electrons. The second-order valence-corrected chi connectivity index (χ2v) is 8.75. The number of carbonyl (C=O) groups is 1. The summed E-state index contributed by atoms with van der Waals surface area (Å²) in [5, 5.41) is 12.9. The van der Waals surface area contributed by atoms with E-state index in [0.717, 1.165) is 24.2 Å². The van der Waals surface area contributed by atoms with E-state index < -0.39 is 6.04 Å². The van der Waals surface area contributed by atoms with Crippen molar-refractivity contribution >= 4 is 17.4 Å². The van der Waals surface area contributed by atoms with Gasteiger partial charge in [-0.15, -0.1) is 5.10 Å². The van der Waals surface area contributed by atoms with Crippen LogP contribution in [0.5, 0.6) is 0 Å². The van der Waals surface area contributed by atoms with Crippen molar-refractivity contribution < 1.29 is 13.6 Å². The zero-order valence-electron chi connectivity index (χ0n) is 18.3. The van der Waals surface area contributed by atoms with E-state index in [1.165, 1.54) is 10.6 Å². The summed E-state index contributed by atoms with van der Waals surface area (Å²) in [5.74, 6) is -0.645. The molecule has 1 amide bonds. The normalized spacial score (nSPS) is 22.8. The maximum Gasteiger partial charge on any atom is 0.319 e. The molecule has 0 unspecified atom stereocenters. The van der Waals surface area contributed by atoms with Crippen molar-refractivity contribution in [3.8, 4) is 0 Å². The number of pyridine rings is 1. The van der Waals surface area contributed by atoms with Gasteiger partial charge < -0.3 is 19.2 Å². The second-order valence-electron chi connectivity index (χ2n) is 8.75. The first kappa shape index (κ1) is 19.9. The fourth-order valence-corrected chi connectivity index (χ4v) is 5.04. The van der Waals surface area contributed by atoms with E-state index in [1.54, 1.807) is 24.7 Å². The van der Waals surface area contributed by atoms with E-state index in [4.69, 9.17) is 4.42 Å². The molecule has 0 spiro atoms. The molecule has 170 valence electrons. The minimum atomic E-state index is -0.465. The monoisotopic (exact) mass is 450 g/mol. The summed E-state index contributed by atoms with van der Waals surface area (Å²) in [5.41, 5.74) is 2.71. The van der Waals surface area contributed by atoms with Crippen LogP contribution in [0.3, 0.4) is 0 Å². The fourth-order valence-electron chi connectivity index (χ4n) is 5.04. The largest absolute Gasteiger partial charge is 0.399 e. The molecule has 4 aromatic rings. The molecule has 10 nitrogen and oxygen atoms in total. The first-order chi connectivity index (χ1) is 16.0. The number of hydrogen-bond acceptors (Lipinski definition) is 7. The zero-order chi connectivity index (χ0) is 22.7. The molecule has 6 heterocycles. The van der Waals surface area contributed by atoms with Gasteiger partial charge in [0, 0.05) is 36.9 Å². The molecule has 0 aliphatic carbocycles. The van der Waals surface area contributed by atoms with Crippen LogP contribution in [0.25, 0.3) is 5.52 Å². The smallest absolute Gasteiger partial charge is 0.319 e. The van der Waals surface area contributed by atoms with Gasteiger partial charge in [0.05, 0.1) is 17.7 Å². The zero-order valence-corrected chi connectivity index (χ0v) is 18.3. The highest BCUT2D eigenvalue weighted by atomic mass is 19.1. The SMILES string of the molecule is C[C@@H]1CC[C@H](C)N1C(=O)c1nnc(N2CCc3[nH]cnc3[C@@H]2c2cc3c(F)cccn3n2)o1. The molecule has 33 heavy (non-hydrogen) atoms. The molecule has 11 heteroatoms. The molecule has 1 saturated heterocycles. The van der Waals surface area contributed by atoms with E-state index >= 15 is 0 Å². The van der Waals surface area contributed by atoms with Gasteiger partial charge in [0.15, 0.2) is 0 Å². The highest BCUT2D eigenvalue weighted by molar-refractivity contribution is 5.90. The van der Waals surface area contributed by atoms with Crippen molar-refractivity contribution in [2.45, 2.75) is 51.2 Å². The minimum absolute atomic E-state index is 0.0294. The lowest BCUT2D eigenvalue weighted by Gasteiger charge is -2.32. The molecule has 4 aromatic heterocycles. The van der Waals surface area contributed by atoms with Crippen molar-refractivity contribution in [1.29, 1.82) is 0 Å². The summed E-state index contributed by atoms with van der Waals surface area (Å²) in [6, 6.07) is 4.72.